The Hall–Kier alpha value is -1.95. The highest BCUT2D eigenvalue weighted by atomic mass is 32.1. The van der Waals surface area contributed by atoms with E-state index in [0.717, 1.165) is 16.4 Å². The Kier molecular flexibility index (Phi) is 3.57. The van der Waals surface area contributed by atoms with Crippen molar-refractivity contribution in [3.63, 3.8) is 0 Å². The van der Waals surface area contributed by atoms with Gasteiger partial charge in [0.2, 0.25) is 0 Å². The van der Waals surface area contributed by atoms with Gasteiger partial charge in [-0.15, -0.1) is 11.3 Å². The van der Waals surface area contributed by atoms with E-state index >= 15 is 0 Å². The van der Waals surface area contributed by atoms with E-state index in [1.165, 1.54) is 0 Å². The van der Waals surface area contributed by atoms with Gasteiger partial charge in [-0.1, -0.05) is 0 Å². The van der Waals surface area contributed by atoms with Crippen LogP contribution in [0.5, 0.6) is 0 Å². The Bertz CT molecular complexity index is 567. The predicted octanol–water partition coefficient (Wildman–Crippen LogP) is 2.12. The molecule has 5 nitrogen and oxygen atoms in total. The Labute approximate surface area is 109 Å². The van der Waals surface area contributed by atoms with Gasteiger partial charge < -0.3 is 11.1 Å². The number of carbonyl (C=O) groups excluding carboxylic acids is 1. The molecule has 0 aliphatic carbocycles. The quantitative estimate of drug-likeness (QED) is 0.884. The topological polar surface area (TPSA) is 80.9 Å². The van der Waals surface area contributed by atoms with E-state index in [0.29, 0.717) is 0 Å². The van der Waals surface area contributed by atoms with Gasteiger partial charge in [-0.05, 0) is 26.0 Å². The van der Waals surface area contributed by atoms with E-state index in [-0.39, 0.29) is 11.7 Å². The molecule has 1 amide bonds. The normalized spacial score (nSPS) is 12.1. The SMILES string of the molecule is Cc1csc(C(C)Nc2ccnc(C(N)=O)c2)n1. The van der Waals surface area contributed by atoms with Crippen LogP contribution in [-0.2, 0) is 0 Å². The van der Waals surface area contributed by atoms with Crippen LogP contribution in [0.3, 0.4) is 0 Å². The van der Waals surface area contributed by atoms with Crippen molar-refractivity contribution in [3.8, 4) is 0 Å². The number of anilines is 1. The van der Waals surface area contributed by atoms with Gasteiger partial charge in [0.15, 0.2) is 0 Å². The smallest absolute Gasteiger partial charge is 0.267 e. The highest BCUT2D eigenvalue weighted by Gasteiger charge is 2.10. The number of thiazole rings is 1. The van der Waals surface area contributed by atoms with Crippen LogP contribution in [0.15, 0.2) is 23.7 Å². The highest BCUT2D eigenvalue weighted by Crippen LogP contribution is 2.22. The summed E-state index contributed by atoms with van der Waals surface area (Å²) in [4.78, 5) is 19.3. The first-order valence-corrected chi connectivity index (χ1v) is 6.38. The van der Waals surface area contributed by atoms with Crippen molar-refractivity contribution in [2.24, 2.45) is 5.73 Å². The average molecular weight is 262 g/mol. The lowest BCUT2D eigenvalue weighted by molar-refractivity contribution is 0.0995. The first kappa shape index (κ1) is 12.5. The van der Waals surface area contributed by atoms with Crippen LogP contribution < -0.4 is 11.1 Å². The van der Waals surface area contributed by atoms with E-state index in [1.54, 1.807) is 29.7 Å². The van der Waals surface area contributed by atoms with Crippen molar-refractivity contribution in [2.45, 2.75) is 19.9 Å². The van der Waals surface area contributed by atoms with Gasteiger partial charge in [0.1, 0.15) is 10.7 Å². The zero-order chi connectivity index (χ0) is 13.1. The molecule has 2 heterocycles. The standard InChI is InChI=1S/C12H14N4OS/c1-7-6-18-12(15-7)8(2)16-9-3-4-14-10(5-9)11(13)17/h3-6,8H,1-2H3,(H2,13,17)(H,14,16). The highest BCUT2D eigenvalue weighted by molar-refractivity contribution is 7.09. The monoisotopic (exact) mass is 262 g/mol. The zero-order valence-electron chi connectivity index (χ0n) is 10.2. The van der Waals surface area contributed by atoms with Crippen LogP contribution in [0.1, 0.15) is 34.2 Å². The molecule has 3 N–H and O–H groups in total. The van der Waals surface area contributed by atoms with E-state index < -0.39 is 5.91 Å². The van der Waals surface area contributed by atoms with Gasteiger partial charge in [0, 0.05) is 23.0 Å². The van der Waals surface area contributed by atoms with Crippen molar-refractivity contribution in [3.05, 3.63) is 40.1 Å². The van der Waals surface area contributed by atoms with Crippen LogP contribution in [0, 0.1) is 6.92 Å². The third-order valence-electron chi connectivity index (χ3n) is 2.40. The van der Waals surface area contributed by atoms with E-state index in [1.807, 2.05) is 19.2 Å². The Morgan fingerprint density at radius 1 is 1.56 bits per heavy atom. The summed E-state index contributed by atoms with van der Waals surface area (Å²) in [5, 5.41) is 6.28. The van der Waals surface area contributed by atoms with Crippen molar-refractivity contribution in [2.75, 3.05) is 5.32 Å². The molecule has 0 aliphatic heterocycles. The van der Waals surface area contributed by atoms with E-state index in [4.69, 9.17) is 5.73 Å². The van der Waals surface area contributed by atoms with Crippen LogP contribution in [-0.4, -0.2) is 15.9 Å². The number of primary amides is 1. The van der Waals surface area contributed by atoms with Crippen LogP contribution >= 0.6 is 11.3 Å². The third-order valence-corrected chi connectivity index (χ3v) is 3.55. The average Bonchev–Trinajstić information content (AvgIpc) is 2.76. The van der Waals surface area contributed by atoms with Crippen molar-refractivity contribution in [1.82, 2.24) is 9.97 Å². The summed E-state index contributed by atoms with van der Waals surface area (Å²) in [6, 6.07) is 3.51. The fourth-order valence-electron chi connectivity index (χ4n) is 1.54. The minimum atomic E-state index is -0.531. The van der Waals surface area contributed by atoms with Gasteiger partial charge >= 0.3 is 0 Å². The first-order valence-electron chi connectivity index (χ1n) is 5.50. The lowest BCUT2D eigenvalue weighted by Gasteiger charge is -2.12. The Morgan fingerprint density at radius 2 is 2.33 bits per heavy atom. The Morgan fingerprint density at radius 3 is 2.94 bits per heavy atom. The molecule has 2 aromatic rings. The molecule has 0 fully saturated rings. The van der Waals surface area contributed by atoms with Gasteiger partial charge in [0.05, 0.1) is 6.04 Å². The number of carbonyl (C=O) groups is 1. The van der Waals surface area contributed by atoms with Gasteiger partial charge in [-0.25, -0.2) is 4.98 Å². The van der Waals surface area contributed by atoms with Gasteiger partial charge in [-0.2, -0.15) is 0 Å². The molecular formula is C12H14N4OS. The minimum Gasteiger partial charge on any atom is -0.376 e. The molecule has 0 aromatic carbocycles. The summed E-state index contributed by atoms with van der Waals surface area (Å²) < 4.78 is 0. The fourth-order valence-corrected chi connectivity index (χ4v) is 2.34. The number of nitrogens with zero attached hydrogens (tertiary/aromatic N) is 2. The Balaban J connectivity index is 2.14. The lowest BCUT2D eigenvalue weighted by Crippen LogP contribution is -2.14. The lowest BCUT2D eigenvalue weighted by atomic mass is 10.2. The number of rotatable bonds is 4. The number of amides is 1. The number of pyridine rings is 1. The maximum Gasteiger partial charge on any atom is 0.267 e. The molecule has 0 saturated carbocycles. The molecule has 2 aromatic heterocycles. The summed E-state index contributed by atoms with van der Waals surface area (Å²) in [6.45, 7) is 3.98. The molecule has 1 atom stereocenters. The van der Waals surface area contributed by atoms with Crippen LogP contribution in [0.2, 0.25) is 0 Å². The second kappa shape index (κ2) is 5.14. The largest absolute Gasteiger partial charge is 0.376 e. The maximum absolute atomic E-state index is 11.0. The van der Waals surface area contributed by atoms with Crippen molar-refractivity contribution >= 4 is 22.9 Å². The summed E-state index contributed by atoms with van der Waals surface area (Å²) in [5.41, 5.74) is 7.26. The second-order valence-electron chi connectivity index (χ2n) is 3.99. The molecule has 1 unspecified atom stereocenters. The minimum absolute atomic E-state index is 0.0758. The summed E-state index contributed by atoms with van der Waals surface area (Å²) >= 11 is 1.61. The number of hydrogen-bond acceptors (Lipinski definition) is 5. The number of nitrogens with two attached hydrogens (primary N) is 1. The first-order chi connectivity index (χ1) is 8.56. The molecule has 2 rings (SSSR count). The van der Waals surface area contributed by atoms with E-state index in [9.17, 15) is 4.79 Å². The molecule has 0 saturated heterocycles. The van der Waals surface area contributed by atoms with E-state index in [2.05, 4.69) is 15.3 Å². The fraction of sp³-hybridized carbons (Fsp3) is 0.250. The third kappa shape index (κ3) is 2.84. The second-order valence-corrected chi connectivity index (χ2v) is 4.88. The molecule has 0 spiro atoms. The predicted molar refractivity (Wildman–Crippen MR) is 71.6 cm³/mol. The zero-order valence-corrected chi connectivity index (χ0v) is 11.0. The molecule has 18 heavy (non-hydrogen) atoms. The van der Waals surface area contributed by atoms with Crippen LogP contribution in [0.25, 0.3) is 0 Å². The van der Waals surface area contributed by atoms with Crippen molar-refractivity contribution in [1.29, 1.82) is 0 Å². The number of nitrogens with one attached hydrogen (secondary N) is 1. The molecule has 0 bridgehead atoms. The summed E-state index contributed by atoms with van der Waals surface area (Å²) in [5.74, 6) is -0.531. The summed E-state index contributed by atoms with van der Waals surface area (Å²) in [7, 11) is 0. The molecular weight excluding hydrogens is 248 g/mol. The maximum atomic E-state index is 11.0. The number of hydrogen-bond donors (Lipinski definition) is 2. The van der Waals surface area contributed by atoms with Gasteiger partial charge in [0.25, 0.3) is 5.91 Å². The molecule has 0 aliphatic rings. The number of aromatic nitrogens is 2. The molecule has 0 radical (unpaired) electrons. The summed E-state index contributed by atoms with van der Waals surface area (Å²) in [6.07, 6.45) is 1.56. The van der Waals surface area contributed by atoms with Gasteiger partial charge in [-0.3, -0.25) is 9.78 Å². The molecule has 94 valence electrons. The van der Waals surface area contributed by atoms with Crippen molar-refractivity contribution < 1.29 is 4.79 Å². The number of aryl methyl sites for hydroxylation is 1. The van der Waals surface area contributed by atoms with Crippen LogP contribution in [0.4, 0.5) is 5.69 Å². The molecule has 6 heteroatoms.